The van der Waals surface area contributed by atoms with Crippen LogP contribution in [0.3, 0.4) is 0 Å². The quantitative estimate of drug-likeness (QED) is 0.124. The molecule has 36 heavy (non-hydrogen) atoms. The zero-order valence-electron chi connectivity index (χ0n) is 19.2. The van der Waals surface area contributed by atoms with Gasteiger partial charge in [0, 0.05) is 7.11 Å². The SMILES string of the molecule is CO[C@H]1[C@H](O)[C@@H](O)[C@@H](O[C@H]2[C@H](O)[C@@H](O)[C@@H](O[C@H]3[C@H](O)[C@@H](O)C(N=O)N[C@@H]3CO)O[C@@H]2CO)O[C@@H]1CO. The number of hydrogen-bond donors (Lipinski definition) is 10. The van der Waals surface area contributed by atoms with Crippen molar-refractivity contribution in [2.45, 2.75) is 91.9 Å². The number of nitroso groups, excluding NO2 is 1. The predicted molar refractivity (Wildman–Crippen MR) is 112 cm³/mol. The first-order chi connectivity index (χ1) is 17.1. The van der Waals surface area contributed by atoms with Crippen molar-refractivity contribution in [3.8, 4) is 0 Å². The smallest absolute Gasteiger partial charge is 0.187 e. The first kappa shape index (κ1) is 29.6. The van der Waals surface area contributed by atoms with Crippen LogP contribution in [-0.2, 0) is 23.7 Å². The lowest BCUT2D eigenvalue weighted by molar-refractivity contribution is -0.368. The summed E-state index contributed by atoms with van der Waals surface area (Å²) in [5.74, 6) is 0. The van der Waals surface area contributed by atoms with Gasteiger partial charge in [0.25, 0.3) is 0 Å². The average Bonchev–Trinajstić information content (AvgIpc) is 2.88. The molecule has 0 aromatic carbocycles. The Bertz CT molecular complexity index is 702. The van der Waals surface area contributed by atoms with E-state index in [0.717, 1.165) is 0 Å². The molecule has 3 fully saturated rings. The van der Waals surface area contributed by atoms with Gasteiger partial charge < -0.3 is 69.6 Å². The minimum absolute atomic E-state index is 0.607. The van der Waals surface area contributed by atoms with Crippen molar-refractivity contribution in [2.24, 2.45) is 5.18 Å². The molecule has 17 nitrogen and oxygen atoms in total. The summed E-state index contributed by atoms with van der Waals surface area (Å²) >= 11 is 0. The molecule has 3 aliphatic heterocycles. The number of nitrogens with zero attached hydrogens (tertiary/aromatic N) is 1. The number of hydrogen-bond acceptors (Lipinski definition) is 17. The molecule has 0 aliphatic carbocycles. The highest BCUT2D eigenvalue weighted by Crippen LogP contribution is 2.31. The highest BCUT2D eigenvalue weighted by molar-refractivity contribution is 5.00. The van der Waals surface area contributed by atoms with Gasteiger partial charge in [0.15, 0.2) is 18.7 Å². The summed E-state index contributed by atoms with van der Waals surface area (Å²) in [5, 5.41) is 96.4. The standard InChI is InChI=1S/C19H34N2O15/c1-32-15-6(3-23)33-19(12(29)9(15)26)36-16-7(4-24)34-18(13(30)10(16)27)35-14-5(2-22)20-17(21-31)11(28)8(14)25/h5-20,22-30H,2-4H2,1H3/t5-,6-,7-,8-,9-,10-,11-,12-,13-,14-,15-,16-,17?,18-,19-/m1/s1. The van der Waals surface area contributed by atoms with Crippen molar-refractivity contribution in [3.05, 3.63) is 4.91 Å². The van der Waals surface area contributed by atoms with E-state index in [0.29, 0.717) is 0 Å². The predicted octanol–water partition coefficient (Wildman–Crippen LogP) is -6.57. The largest absolute Gasteiger partial charge is 0.395 e. The van der Waals surface area contributed by atoms with Gasteiger partial charge in [-0.2, -0.15) is 0 Å². The van der Waals surface area contributed by atoms with E-state index in [2.05, 4.69) is 10.5 Å². The lowest BCUT2D eigenvalue weighted by Crippen LogP contribution is -2.69. The second-order valence-corrected chi connectivity index (χ2v) is 8.80. The fraction of sp³-hybridized carbons (Fsp3) is 1.00. The van der Waals surface area contributed by atoms with Gasteiger partial charge in [-0.05, 0) is 5.18 Å². The monoisotopic (exact) mass is 530 g/mol. The van der Waals surface area contributed by atoms with Crippen LogP contribution in [-0.4, -0.2) is 165 Å². The lowest BCUT2D eigenvalue weighted by Gasteiger charge is -2.48. The van der Waals surface area contributed by atoms with Crippen LogP contribution in [0.5, 0.6) is 0 Å². The summed E-state index contributed by atoms with van der Waals surface area (Å²) < 4.78 is 27.0. The highest BCUT2D eigenvalue weighted by Gasteiger charge is 2.53. The van der Waals surface area contributed by atoms with Gasteiger partial charge in [-0.1, -0.05) is 0 Å². The zero-order chi connectivity index (χ0) is 26.7. The van der Waals surface area contributed by atoms with Crippen molar-refractivity contribution in [1.82, 2.24) is 5.32 Å². The van der Waals surface area contributed by atoms with Crippen LogP contribution in [0.15, 0.2) is 5.18 Å². The van der Waals surface area contributed by atoms with E-state index >= 15 is 0 Å². The number of rotatable bonds is 9. The first-order valence-corrected chi connectivity index (χ1v) is 11.3. The lowest BCUT2D eigenvalue weighted by atomic mass is 9.93. The number of piperidine rings is 1. The van der Waals surface area contributed by atoms with Crippen LogP contribution in [0.2, 0.25) is 0 Å². The normalized spacial score (nSPS) is 50.1. The van der Waals surface area contributed by atoms with Crippen molar-refractivity contribution in [3.63, 3.8) is 0 Å². The number of methoxy groups -OCH3 is 1. The molecular weight excluding hydrogens is 496 g/mol. The summed E-state index contributed by atoms with van der Waals surface area (Å²) in [5.41, 5.74) is 0. The Morgan fingerprint density at radius 1 is 0.694 bits per heavy atom. The molecule has 210 valence electrons. The molecule has 0 bridgehead atoms. The molecule has 3 heterocycles. The van der Waals surface area contributed by atoms with Crippen LogP contribution >= 0.6 is 0 Å². The third-order valence-corrected chi connectivity index (χ3v) is 6.60. The van der Waals surface area contributed by atoms with Gasteiger partial charge in [-0.3, -0.25) is 5.32 Å². The molecule has 3 rings (SSSR count). The molecule has 17 heteroatoms. The number of aliphatic hydroxyl groups is 9. The molecule has 0 aromatic rings. The minimum atomic E-state index is -1.88. The maximum atomic E-state index is 10.9. The van der Waals surface area contributed by atoms with E-state index < -0.39 is 112 Å². The van der Waals surface area contributed by atoms with Gasteiger partial charge in [-0.15, -0.1) is 4.91 Å². The molecule has 3 saturated heterocycles. The van der Waals surface area contributed by atoms with Crippen LogP contribution in [0.25, 0.3) is 0 Å². The van der Waals surface area contributed by atoms with Crippen molar-refractivity contribution in [2.75, 3.05) is 26.9 Å². The maximum absolute atomic E-state index is 10.9. The highest BCUT2D eigenvalue weighted by atomic mass is 16.7. The number of ether oxygens (including phenoxy) is 5. The average molecular weight is 530 g/mol. The number of aliphatic hydroxyl groups excluding tert-OH is 9. The molecule has 3 aliphatic rings. The Morgan fingerprint density at radius 3 is 1.64 bits per heavy atom. The van der Waals surface area contributed by atoms with Crippen LogP contribution < -0.4 is 5.32 Å². The molecule has 0 amide bonds. The Morgan fingerprint density at radius 2 is 1.17 bits per heavy atom. The van der Waals surface area contributed by atoms with E-state index in [-0.39, 0.29) is 0 Å². The van der Waals surface area contributed by atoms with Gasteiger partial charge in [-0.25, -0.2) is 0 Å². The molecular formula is C19H34N2O15. The molecule has 10 N–H and O–H groups in total. The second kappa shape index (κ2) is 12.7. The van der Waals surface area contributed by atoms with E-state index in [1.165, 1.54) is 7.11 Å². The topological polar surface area (TPSA) is 270 Å². The summed E-state index contributed by atoms with van der Waals surface area (Å²) in [6, 6.07) is -1.13. The van der Waals surface area contributed by atoms with Crippen molar-refractivity contribution >= 4 is 0 Å². The number of nitrogens with one attached hydrogen (secondary N) is 1. The fourth-order valence-electron chi connectivity index (χ4n) is 4.56. The summed E-state index contributed by atoms with van der Waals surface area (Å²) in [6.07, 6.45) is -21.8. The third kappa shape index (κ3) is 5.70. The summed E-state index contributed by atoms with van der Waals surface area (Å²) in [7, 11) is 1.24. The van der Waals surface area contributed by atoms with Gasteiger partial charge in [0.2, 0.25) is 0 Å². The summed E-state index contributed by atoms with van der Waals surface area (Å²) in [6.45, 7) is -2.07. The fourth-order valence-corrected chi connectivity index (χ4v) is 4.56. The van der Waals surface area contributed by atoms with Crippen molar-refractivity contribution < 1.29 is 69.6 Å². The Hall–Kier alpha value is -1.00. The van der Waals surface area contributed by atoms with Gasteiger partial charge in [0.05, 0.1) is 25.9 Å². The minimum Gasteiger partial charge on any atom is -0.395 e. The van der Waals surface area contributed by atoms with Crippen molar-refractivity contribution in [1.29, 1.82) is 0 Å². The first-order valence-electron chi connectivity index (χ1n) is 11.3. The Kier molecular flexibility index (Phi) is 10.4. The zero-order valence-corrected chi connectivity index (χ0v) is 19.2. The third-order valence-electron chi connectivity index (χ3n) is 6.60. The molecule has 0 aromatic heterocycles. The molecule has 1 unspecified atom stereocenters. The van der Waals surface area contributed by atoms with Crippen LogP contribution in [0, 0.1) is 4.91 Å². The summed E-state index contributed by atoms with van der Waals surface area (Å²) in [4.78, 5) is 10.9. The van der Waals surface area contributed by atoms with Crippen LogP contribution in [0.4, 0.5) is 0 Å². The molecule has 15 atom stereocenters. The molecule has 0 saturated carbocycles. The van der Waals surface area contributed by atoms with E-state index in [1.54, 1.807) is 0 Å². The van der Waals surface area contributed by atoms with E-state index in [4.69, 9.17) is 23.7 Å². The maximum Gasteiger partial charge on any atom is 0.187 e. The van der Waals surface area contributed by atoms with Gasteiger partial charge >= 0.3 is 0 Å². The van der Waals surface area contributed by atoms with E-state index in [9.17, 15) is 50.9 Å². The van der Waals surface area contributed by atoms with E-state index in [1.807, 2.05) is 0 Å². The molecule has 0 spiro atoms. The van der Waals surface area contributed by atoms with Crippen LogP contribution in [0.1, 0.15) is 0 Å². The molecule has 0 radical (unpaired) electrons. The van der Waals surface area contributed by atoms with Gasteiger partial charge in [0.1, 0.15) is 67.1 Å². The Labute approximate surface area is 204 Å². The second-order valence-electron chi connectivity index (χ2n) is 8.80. The Balaban J connectivity index is 1.72.